The van der Waals surface area contributed by atoms with Crippen LogP contribution in [0.4, 0.5) is 0 Å². The fraction of sp³-hybridized carbons (Fsp3) is 0.267. The Balaban J connectivity index is 1.39. The fourth-order valence-electron chi connectivity index (χ4n) is 4.55. The molecule has 0 aliphatic heterocycles. The molecular formula is C30H31N5O3. The van der Waals surface area contributed by atoms with Crippen LogP contribution in [0.2, 0.25) is 0 Å². The maximum Gasteiger partial charge on any atom is 0.330 e. The number of aromatic nitrogens is 5. The predicted octanol–water partition coefficient (Wildman–Crippen LogP) is 5.86. The van der Waals surface area contributed by atoms with Gasteiger partial charge in [-0.05, 0) is 49.9 Å². The van der Waals surface area contributed by atoms with Gasteiger partial charge in [0, 0.05) is 32.3 Å². The van der Waals surface area contributed by atoms with Crippen molar-refractivity contribution in [3.63, 3.8) is 0 Å². The van der Waals surface area contributed by atoms with Crippen LogP contribution >= 0.6 is 0 Å². The van der Waals surface area contributed by atoms with Gasteiger partial charge in [0.2, 0.25) is 0 Å². The van der Waals surface area contributed by atoms with Crippen molar-refractivity contribution in [1.82, 2.24) is 24.1 Å². The molecule has 0 amide bonds. The van der Waals surface area contributed by atoms with E-state index in [0.29, 0.717) is 13.2 Å². The van der Waals surface area contributed by atoms with E-state index in [1.807, 2.05) is 62.6 Å². The quantitative estimate of drug-likeness (QED) is 0.126. The van der Waals surface area contributed by atoms with Gasteiger partial charge in [-0.25, -0.2) is 19.7 Å². The summed E-state index contributed by atoms with van der Waals surface area (Å²) in [6, 6.07) is 20.0. The first kappa shape index (κ1) is 25.2. The molecular weight excluding hydrogens is 478 g/mol. The first-order chi connectivity index (χ1) is 18.5. The van der Waals surface area contributed by atoms with Crippen molar-refractivity contribution in [2.45, 2.75) is 25.7 Å². The lowest BCUT2D eigenvalue weighted by molar-refractivity contribution is -0.137. The van der Waals surface area contributed by atoms with Gasteiger partial charge in [0.15, 0.2) is 11.6 Å². The highest BCUT2D eigenvalue weighted by molar-refractivity contribution is 5.82. The monoisotopic (exact) mass is 509 g/mol. The zero-order valence-electron chi connectivity index (χ0n) is 21.8. The van der Waals surface area contributed by atoms with Gasteiger partial charge in [-0.2, -0.15) is 0 Å². The summed E-state index contributed by atoms with van der Waals surface area (Å²) in [6.45, 7) is 4.39. The van der Waals surface area contributed by atoms with Crippen molar-refractivity contribution in [2.75, 3.05) is 13.2 Å². The number of unbranched alkanes of at least 4 members (excludes halogenated alkanes) is 3. The Labute approximate surface area is 221 Å². The van der Waals surface area contributed by atoms with Crippen molar-refractivity contribution < 1.29 is 14.3 Å². The molecule has 0 saturated heterocycles. The van der Waals surface area contributed by atoms with Crippen molar-refractivity contribution in [3.05, 3.63) is 73.3 Å². The lowest BCUT2D eigenvalue weighted by Crippen LogP contribution is -2.03. The van der Waals surface area contributed by atoms with Crippen LogP contribution in [-0.4, -0.2) is 43.3 Å². The zero-order valence-corrected chi connectivity index (χ0v) is 21.8. The molecule has 3 aromatic heterocycles. The van der Waals surface area contributed by atoms with Gasteiger partial charge >= 0.3 is 5.97 Å². The Kier molecular flexibility index (Phi) is 7.49. The highest BCUT2D eigenvalue weighted by atomic mass is 16.5. The minimum atomic E-state index is -0.376. The first-order valence-corrected chi connectivity index (χ1v) is 12.8. The van der Waals surface area contributed by atoms with Crippen LogP contribution < -0.4 is 4.74 Å². The third kappa shape index (κ3) is 5.29. The second-order valence-electron chi connectivity index (χ2n) is 9.17. The average Bonchev–Trinajstić information content (AvgIpc) is 3.47. The number of hydrogen-bond acceptors (Lipinski definition) is 6. The average molecular weight is 510 g/mol. The number of pyridine rings is 1. The lowest BCUT2D eigenvalue weighted by atomic mass is 10.2. The largest absolute Gasteiger partial charge is 0.493 e. The van der Waals surface area contributed by atoms with Gasteiger partial charge in [0.25, 0.3) is 0 Å². The van der Waals surface area contributed by atoms with Crippen LogP contribution in [0.1, 0.15) is 25.7 Å². The summed E-state index contributed by atoms with van der Waals surface area (Å²) in [4.78, 5) is 25.8. The number of aryl methyl sites for hydroxylation is 2. The van der Waals surface area contributed by atoms with Gasteiger partial charge in [-0.1, -0.05) is 30.8 Å². The molecule has 8 heteroatoms. The number of imidazole rings is 2. The summed E-state index contributed by atoms with van der Waals surface area (Å²) in [7, 11) is 4.00. The molecule has 0 N–H and O–H groups in total. The van der Waals surface area contributed by atoms with Crippen LogP contribution in [0.15, 0.2) is 73.3 Å². The fourth-order valence-corrected chi connectivity index (χ4v) is 4.55. The molecule has 5 rings (SSSR count). The number of rotatable bonds is 11. The van der Waals surface area contributed by atoms with E-state index in [4.69, 9.17) is 24.4 Å². The molecule has 0 fully saturated rings. The number of ether oxygens (including phenoxy) is 2. The van der Waals surface area contributed by atoms with E-state index in [9.17, 15) is 4.79 Å². The number of esters is 1. The maximum atomic E-state index is 11.1. The number of benzene rings is 2. The molecule has 0 atom stereocenters. The topological polar surface area (TPSA) is 84.1 Å². The minimum Gasteiger partial charge on any atom is -0.493 e. The molecule has 194 valence electrons. The van der Waals surface area contributed by atoms with Crippen molar-refractivity contribution in [3.8, 4) is 28.8 Å². The molecule has 0 aliphatic rings. The third-order valence-electron chi connectivity index (χ3n) is 6.55. The van der Waals surface area contributed by atoms with Crippen LogP contribution in [0.3, 0.4) is 0 Å². The Morgan fingerprint density at radius 3 is 1.84 bits per heavy atom. The Morgan fingerprint density at radius 1 is 0.789 bits per heavy atom. The molecule has 0 spiro atoms. The van der Waals surface area contributed by atoms with Crippen LogP contribution in [0.25, 0.3) is 45.1 Å². The number of carbonyl (C=O) groups is 1. The van der Waals surface area contributed by atoms with E-state index in [0.717, 1.165) is 76.5 Å². The molecule has 0 unspecified atom stereocenters. The Morgan fingerprint density at radius 2 is 1.32 bits per heavy atom. The number of hydrogen-bond donors (Lipinski definition) is 0. The second-order valence-corrected chi connectivity index (χ2v) is 9.17. The molecule has 8 nitrogen and oxygen atoms in total. The van der Waals surface area contributed by atoms with E-state index in [-0.39, 0.29) is 5.97 Å². The highest BCUT2D eigenvalue weighted by Crippen LogP contribution is 2.30. The SMILES string of the molecule is C=CC(=O)OCCCCCCOc1cc(-c2nc3ccccc3n2C)nc(-c2nc3ccccc3n2C)c1. The number of para-hydroxylation sites is 4. The summed E-state index contributed by atoms with van der Waals surface area (Å²) >= 11 is 0. The van der Waals surface area contributed by atoms with E-state index in [1.165, 1.54) is 6.08 Å². The van der Waals surface area contributed by atoms with Crippen LogP contribution in [0, 0.1) is 0 Å². The summed E-state index contributed by atoms with van der Waals surface area (Å²) in [5, 5.41) is 0. The predicted molar refractivity (Wildman–Crippen MR) is 149 cm³/mol. The molecule has 5 aromatic rings. The Bertz CT molecular complexity index is 1500. The molecule has 3 heterocycles. The second kappa shape index (κ2) is 11.3. The van der Waals surface area contributed by atoms with E-state index in [2.05, 4.69) is 27.8 Å². The van der Waals surface area contributed by atoms with Gasteiger partial charge in [0.1, 0.15) is 17.1 Å². The lowest BCUT2D eigenvalue weighted by Gasteiger charge is -2.11. The molecule has 2 aromatic carbocycles. The van der Waals surface area contributed by atoms with E-state index in [1.54, 1.807) is 0 Å². The third-order valence-corrected chi connectivity index (χ3v) is 6.55. The molecule has 0 aliphatic carbocycles. The molecule has 0 saturated carbocycles. The van der Waals surface area contributed by atoms with Gasteiger partial charge in [-0.15, -0.1) is 0 Å². The first-order valence-electron chi connectivity index (χ1n) is 12.8. The summed E-state index contributed by atoms with van der Waals surface area (Å²) in [5.74, 6) is 1.89. The van der Waals surface area contributed by atoms with Crippen LogP contribution in [0.5, 0.6) is 5.75 Å². The standard InChI is InChI=1S/C30H31N5O3/c1-4-28(36)38-18-12-6-5-11-17-37-21-19-24(29-32-22-13-7-9-15-26(22)34(29)2)31-25(20-21)30-33-23-14-8-10-16-27(23)35(30)3/h4,7-10,13-16,19-20H,1,5-6,11-12,17-18H2,2-3H3. The normalized spacial score (nSPS) is 11.2. The number of nitrogens with zero attached hydrogens (tertiary/aromatic N) is 5. The number of carbonyl (C=O) groups excluding carboxylic acids is 1. The van der Waals surface area contributed by atoms with E-state index >= 15 is 0 Å². The zero-order chi connectivity index (χ0) is 26.5. The number of fused-ring (bicyclic) bond motifs is 2. The molecule has 0 bridgehead atoms. The van der Waals surface area contributed by atoms with Crippen molar-refractivity contribution in [2.24, 2.45) is 14.1 Å². The van der Waals surface area contributed by atoms with Gasteiger partial charge in [0.05, 0.1) is 35.3 Å². The van der Waals surface area contributed by atoms with Gasteiger partial charge < -0.3 is 18.6 Å². The smallest absolute Gasteiger partial charge is 0.330 e. The molecule has 0 radical (unpaired) electrons. The van der Waals surface area contributed by atoms with Crippen molar-refractivity contribution in [1.29, 1.82) is 0 Å². The summed E-state index contributed by atoms with van der Waals surface area (Å²) < 4.78 is 15.3. The summed E-state index contributed by atoms with van der Waals surface area (Å²) in [6.07, 6.45) is 4.84. The van der Waals surface area contributed by atoms with Crippen LogP contribution in [-0.2, 0) is 23.6 Å². The van der Waals surface area contributed by atoms with E-state index < -0.39 is 0 Å². The van der Waals surface area contributed by atoms with Gasteiger partial charge in [-0.3, -0.25) is 0 Å². The maximum absolute atomic E-state index is 11.1. The molecule has 38 heavy (non-hydrogen) atoms. The summed E-state index contributed by atoms with van der Waals surface area (Å²) in [5.41, 5.74) is 5.37. The minimum absolute atomic E-state index is 0.376. The Hall–Kier alpha value is -4.46. The highest BCUT2D eigenvalue weighted by Gasteiger charge is 2.17. The van der Waals surface area contributed by atoms with Crippen molar-refractivity contribution >= 4 is 28.0 Å².